The van der Waals surface area contributed by atoms with Gasteiger partial charge in [-0.2, -0.15) is 0 Å². The van der Waals surface area contributed by atoms with Crippen molar-refractivity contribution < 1.29 is 9.59 Å². The second kappa shape index (κ2) is 8.50. The van der Waals surface area contributed by atoms with Gasteiger partial charge in [-0.25, -0.2) is 0 Å². The molecule has 0 saturated carbocycles. The van der Waals surface area contributed by atoms with E-state index in [0.29, 0.717) is 24.6 Å². The summed E-state index contributed by atoms with van der Waals surface area (Å²) in [5.74, 6) is 0.489. The number of hydrogen-bond acceptors (Lipinski definition) is 3. The number of guanidine groups is 1. The molecule has 7 heteroatoms. The first-order valence-electron chi connectivity index (χ1n) is 8.55. The average molecular weight is 345 g/mol. The van der Waals surface area contributed by atoms with Crippen molar-refractivity contribution in [2.45, 2.75) is 32.9 Å². The molecule has 0 radical (unpaired) electrons. The number of nitrogens with zero attached hydrogens (tertiary/aromatic N) is 2. The molecule has 1 aromatic rings. The second-order valence-corrected chi connectivity index (χ2v) is 6.56. The van der Waals surface area contributed by atoms with Crippen LogP contribution in [-0.4, -0.2) is 48.9 Å². The van der Waals surface area contributed by atoms with E-state index in [1.165, 1.54) is 0 Å². The summed E-state index contributed by atoms with van der Waals surface area (Å²) in [5, 5.41) is 6.61. The minimum atomic E-state index is -0.432. The largest absolute Gasteiger partial charge is 0.366 e. The lowest BCUT2D eigenvalue weighted by molar-refractivity contribution is -0.133. The molecule has 4 N–H and O–H groups in total. The lowest BCUT2D eigenvalue weighted by Gasteiger charge is -2.20. The Balaban J connectivity index is 1.83. The number of carbonyl (C=O) groups is 2. The molecule has 1 saturated heterocycles. The molecular formula is C18H27N5O2. The fourth-order valence-corrected chi connectivity index (χ4v) is 2.80. The molecule has 0 aromatic heterocycles. The van der Waals surface area contributed by atoms with Crippen molar-refractivity contribution in [1.82, 2.24) is 15.5 Å². The van der Waals surface area contributed by atoms with Gasteiger partial charge in [0.25, 0.3) is 0 Å². The Kier molecular flexibility index (Phi) is 6.38. The lowest BCUT2D eigenvalue weighted by Crippen LogP contribution is -2.45. The van der Waals surface area contributed by atoms with Crippen LogP contribution in [0.4, 0.5) is 0 Å². The van der Waals surface area contributed by atoms with Crippen molar-refractivity contribution in [2.24, 2.45) is 16.6 Å². The van der Waals surface area contributed by atoms with Gasteiger partial charge in [-0.3, -0.25) is 14.6 Å². The van der Waals surface area contributed by atoms with E-state index in [0.717, 1.165) is 18.5 Å². The molecule has 1 heterocycles. The Labute approximate surface area is 148 Å². The fraction of sp³-hybridized carbons (Fsp3) is 0.500. The zero-order valence-corrected chi connectivity index (χ0v) is 15.1. The maximum Gasteiger partial charge on any atom is 0.248 e. The van der Waals surface area contributed by atoms with Crippen molar-refractivity contribution in [1.29, 1.82) is 0 Å². The molecule has 25 heavy (non-hydrogen) atoms. The second-order valence-electron chi connectivity index (χ2n) is 6.56. The Bertz CT molecular complexity index is 639. The first kappa shape index (κ1) is 18.8. The molecule has 136 valence electrons. The monoisotopic (exact) mass is 345 g/mol. The van der Waals surface area contributed by atoms with E-state index in [1.807, 2.05) is 30.9 Å². The molecule has 0 bridgehead atoms. The third-order valence-corrected chi connectivity index (χ3v) is 4.26. The third-order valence-electron chi connectivity index (χ3n) is 4.26. The van der Waals surface area contributed by atoms with E-state index < -0.39 is 5.91 Å². The zero-order chi connectivity index (χ0) is 18.4. The van der Waals surface area contributed by atoms with Crippen LogP contribution in [0.3, 0.4) is 0 Å². The van der Waals surface area contributed by atoms with E-state index in [4.69, 9.17) is 5.73 Å². The number of rotatable bonds is 5. The summed E-state index contributed by atoms with van der Waals surface area (Å²) in [7, 11) is 1.72. The molecule has 0 spiro atoms. The summed E-state index contributed by atoms with van der Waals surface area (Å²) in [6.45, 7) is 5.91. The van der Waals surface area contributed by atoms with E-state index in [-0.39, 0.29) is 17.9 Å². The Morgan fingerprint density at radius 3 is 2.56 bits per heavy atom. The Morgan fingerprint density at radius 2 is 2.00 bits per heavy atom. The summed E-state index contributed by atoms with van der Waals surface area (Å²) in [4.78, 5) is 29.3. The van der Waals surface area contributed by atoms with Crippen molar-refractivity contribution in [3.8, 4) is 0 Å². The maximum absolute atomic E-state index is 12.1. The summed E-state index contributed by atoms with van der Waals surface area (Å²) in [5.41, 5.74) is 6.76. The molecule has 1 atom stereocenters. The van der Waals surface area contributed by atoms with Crippen molar-refractivity contribution in [3.63, 3.8) is 0 Å². The van der Waals surface area contributed by atoms with E-state index in [9.17, 15) is 9.59 Å². The molecule has 7 nitrogen and oxygen atoms in total. The first-order chi connectivity index (χ1) is 11.9. The van der Waals surface area contributed by atoms with Gasteiger partial charge in [0.15, 0.2) is 5.96 Å². The molecule has 0 aliphatic carbocycles. The highest BCUT2D eigenvalue weighted by Crippen LogP contribution is 2.12. The number of hydrogen-bond donors (Lipinski definition) is 3. The van der Waals surface area contributed by atoms with Gasteiger partial charge in [-0.05, 0) is 24.1 Å². The molecule has 1 aliphatic rings. The number of likely N-dealkylation sites (tertiary alicyclic amines) is 1. The predicted molar refractivity (Wildman–Crippen MR) is 98.1 cm³/mol. The van der Waals surface area contributed by atoms with Gasteiger partial charge in [-0.1, -0.05) is 26.0 Å². The topological polar surface area (TPSA) is 99.8 Å². The van der Waals surface area contributed by atoms with Crippen LogP contribution in [0.2, 0.25) is 0 Å². The number of aliphatic imine (C=N–C) groups is 1. The average Bonchev–Trinajstić information content (AvgIpc) is 3.06. The predicted octanol–water partition coefficient (Wildman–Crippen LogP) is 0.707. The minimum Gasteiger partial charge on any atom is -0.366 e. The van der Waals surface area contributed by atoms with Crippen LogP contribution in [0.25, 0.3) is 0 Å². The SMILES string of the molecule is CN=C(NCc1ccc(C(N)=O)cc1)NC1CCN(C(=O)C(C)C)C1. The van der Waals surface area contributed by atoms with Gasteiger partial charge in [0.2, 0.25) is 11.8 Å². The zero-order valence-electron chi connectivity index (χ0n) is 15.1. The highest BCUT2D eigenvalue weighted by Gasteiger charge is 2.27. The highest BCUT2D eigenvalue weighted by molar-refractivity contribution is 5.92. The van der Waals surface area contributed by atoms with Gasteiger partial charge in [0.05, 0.1) is 0 Å². The maximum atomic E-state index is 12.1. The molecular weight excluding hydrogens is 318 g/mol. The number of benzene rings is 1. The van der Waals surface area contributed by atoms with E-state index in [1.54, 1.807) is 19.2 Å². The summed E-state index contributed by atoms with van der Waals surface area (Å²) in [6.07, 6.45) is 0.909. The van der Waals surface area contributed by atoms with Crippen LogP contribution in [-0.2, 0) is 11.3 Å². The summed E-state index contributed by atoms with van der Waals surface area (Å²) >= 11 is 0. The molecule has 2 amide bonds. The number of nitrogens with one attached hydrogen (secondary N) is 2. The third kappa shape index (κ3) is 5.20. The minimum absolute atomic E-state index is 0.0274. The molecule has 2 rings (SSSR count). The van der Waals surface area contributed by atoms with Crippen molar-refractivity contribution in [3.05, 3.63) is 35.4 Å². The Hall–Kier alpha value is -2.57. The smallest absolute Gasteiger partial charge is 0.248 e. The van der Waals surface area contributed by atoms with Crippen LogP contribution in [0, 0.1) is 5.92 Å². The van der Waals surface area contributed by atoms with Crippen LogP contribution < -0.4 is 16.4 Å². The van der Waals surface area contributed by atoms with Gasteiger partial charge in [0, 0.05) is 44.2 Å². The van der Waals surface area contributed by atoms with Crippen molar-refractivity contribution >= 4 is 17.8 Å². The van der Waals surface area contributed by atoms with E-state index >= 15 is 0 Å². The normalized spacial score (nSPS) is 17.7. The quantitative estimate of drug-likeness (QED) is 0.540. The van der Waals surface area contributed by atoms with Gasteiger partial charge < -0.3 is 21.3 Å². The summed E-state index contributed by atoms with van der Waals surface area (Å²) < 4.78 is 0. The van der Waals surface area contributed by atoms with Crippen LogP contribution >= 0.6 is 0 Å². The first-order valence-corrected chi connectivity index (χ1v) is 8.55. The molecule has 1 aliphatic heterocycles. The summed E-state index contributed by atoms with van der Waals surface area (Å²) in [6, 6.07) is 7.34. The van der Waals surface area contributed by atoms with Crippen LogP contribution in [0.1, 0.15) is 36.2 Å². The van der Waals surface area contributed by atoms with Crippen LogP contribution in [0.5, 0.6) is 0 Å². The molecule has 1 aromatic carbocycles. The highest BCUT2D eigenvalue weighted by atomic mass is 16.2. The number of amides is 2. The standard InChI is InChI=1S/C18H27N5O2/c1-12(2)17(25)23-9-8-15(11-23)22-18(20-3)21-10-13-4-6-14(7-5-13)16(19)24/h4-7,12,15H,8-11H2,1-3H3,(H2,19,24)(H2,20,21,22). The van der Waals surface area contributed by atoms with Crippen LogP contribution in [0.15, 0.2) is 29.3 Å². The lowest BCUT2D eigenvalue weighted by atomic mass is 10.1. The van der Waals surface area contributed by atoms with Crippen molar-refractivity contribution in [2.75, 3.05) is 20.1 Å². The van der Waals surface area contributed by atoms with E-state index in [2.05, 4.69) is 15.6 Å². The van der Waals surface area contributed by atoms with Gasteiger partial charge in [0.1, 0.15) is 0 Å². The fourth-order valence-electron chi connectivity index (χ4n) is 2.80. The molecule has 1 fully saturated rings. The van der Waals surface area contributed by atoms with Gasteiger partial charge in [-0.15, -0.1) is 0 Å². The van der Waals surface area contributed by atoms with Gasteiger partial charge >= 0.3 is 0 Å². The Morgan fingerprint density at radius 1 is 1.32 bits per heavy atom. The molecule has 1 unspecified atom stereocenters. The number of nitrogens with two attached hydrogens (primary N) is 1. The number of carbonyl (C=O) groups excluding carboxylic acids is 2. The number of primary amides is 1.